The van der Waals surface area contributed by atoms with E-state index in [4.69, 9.17) is 10.5 Å². The minimum Gasteiger partial charge on any atom is -0.464 e. The van der Waals surface area contributed by atoms with Gasteiger partial charge >= 0.3 is 5.97 Å². The Labute approximate surface area is 107 Å². The zero-order chi connectivity index (χ0) is 13.5. The average Bonchev–Trinajstić information content (AvgIpc) is 2.34. The molecule has 0 aliphatic carbocycles. The molecule has 0 fully saturated rings. The maximum atomic E-state index is 11.5. The highest BCUT2D eigenvalue weighted by Crippen LogP contribution is 2.19. The third-order valence-electron chi connectivity index (χ3n) is 2.47. The molecule has 3 N–H and O–H groups in total. The van der Waals surface area contributed by atoms with Crippen LogP contribution in [0, 0.1) is 0 Å². The lowest BCUT2D eigenvalue weighted by Gasteiger charge is -2.16. The van der Waals surface area contributed by atoms with Gasteiger partial charge in [0.15, 0.2) is 0 Å². The lowest BCUT2D eigenvalue weighted by atomic mass is 10.1. The number of nitrogens with one attached hydrogen (secondary N) is 1. The summed E-state index contributed by atoms with van der Waals surface area (Å²) >= 11 is 0. The molecule has 1 aromatic heterocycles. The van der Waals surface area contributed by atoms with Gasteiger partial charge in [-0.05, 0) is 20.3 Å². The van der Waals surface area contributed by atoms with Gasteiger partial charge in [-0.15, -0.1) is 0 Å². The molecule has 0 aliphatic heterocycles. The van der Waals surface area contributed by atoms with Crippen LogP contribution in [-0.2, 0) is 16.0 Å². The molecule has 1 atom stereocenters. The Morgan fingerprint density at radius 3 is 2.83 bits per heavy atom. The summed E-state index contributed by atoms with van der Waals surface area (Å²) in [5.41, 5.74) is 6.65. The van der Waals surface area contributed by atoms with Crippen LogP contribution in [0.1, 0.15) is 32.8 Å². The Kier molecular flexibility index (Phi) is 5.35. The van der Waals surface area contributed by atoms with Gasteiger partial charge in [0.2, 0.25) is 0 Å². The smallest absolute Gasteiger partial charge is 0.328 e. The number of aromatic nitrogens is 2. The summed E-state index contributed by atoms with van der Waals surface area (Å²) in [4.78, 5) is 19.6. The van der Waals surface area contributed by atoms with Crippen molar-refractivity contribution in [3.05, 3.63) is 11.9 Å². The Hall–Kier alpha value is -1.85. The topological polar surface area (TPSA) is 90.1 Å². The van der Waals surface area contributed by atoms with E-state index in [2.05, 4.69) is 15.3 Å². The molecule has 0 amide bonds. The van der Waals surface area contributed by atoms with Crippen LogP contribution in [0.2, 0.25) is 0 Å². The molecule has 0 saturated heterocycles. The van der Waals surface area contributed by atoms with Crippen molar-refractivity contribution >= 4 is 17.6 Å². The van der Waals surface area contributed by atoms with Crippen molar-refractivity contribution in [2.75, 3.05) is 17.7 Å². The van der Waals surface area contributed by atoms with E-state index in [0.717, 1.165) is 18.4 Å². The van der Waals surface area contributed by atoms with Crippen molar-refractivity contribution in [1.29, 1.82) is 0 Å². The van der Waals surface area contributed by atoms with Crippen LogP contribution in [0.25, 0.3) is 0 Å². The zero-order valence-corrected chi connectivity index (χ0v) is 11.1. The number of nitrogens with two attached hydrogens (primary N) is 1. The van der Waals surface area contributed by atoms with Crippen LogP contribution in [-0.4, -0.2) is 28.6 Å². The lowest BCUT2D eigenvalue weighted by molar-refractivity contribution is -0.143. The van der Waals surface area contributed by atoms with Gasteiger partial charge in [0.25, 0.3) is 0 Å². The van der Waals surface area contributed by atoms with Gasteiger partial charge in [-0.3, -0.25) is 0 Å². The van der Waals surface area contributed by atoms with E-state index in [1.54, 1.807) is 13.8 Å². The highest BCUT2D eigenvalue weighted by atomic mass is 16.5. The van der Waals surface area contributed by atoms with Crippen molar-refractivity contribution in [3.63, 3.8) is 0 Å². The van der Waals surface area contributed by atoms with E-state index in [0.29, 0.717) is 18.2 Å². The average molecular weight is 252 g/mol. The first-order valence-corrected chi connectivity index (χ1v) is 6.12. The molecule has 1 unspecified atom stereocenters. The molecule has 0 bridgehead atoms. The van der Waals surface area contributed by atoms with Gasteiger partial charge in [-0.1, -0.05) is 13.3 Å². The predicted octanol–water partition coefficient (Wildman–Crippen LogP) is 1.37. The first-order valence-electron chi connectivity index (χ1n) is 6.12. The zero-order valence-electron chi connectivity index (χ0n) is 11.1. The highest BCUT2D eigenvalue weighted by Gasteiger charge is 2.17. The van der Waals surface area contributed by atoms with Crippen LogP contribution in [0.5, 0.6) is 0 Å². The molecule has 1 heterocycles. The summed E-state index contributed by atoms with van der Waals surface area (Å²) in [6, 6.07) is -0.463. The number of carbonyl (C=O) groups is 1. The quantitative estimate of drug-likeness (QED) is 0.743. The Morgan fingerprint density at radius 2 is 2.22 bits per heavy atom. The third kappa shape index (κ3) is 3.58. The number of nitrogens with zero attached hydrogens (tertiary/aromatic N) is 2. The van der Waals surface area contributed by atoms with Crippen molar-refractivity contribution in [3.8, 4) is 0 Å². The van der Waals surface area contributed by atoms with E-state index in [1.165, 1.54) is 6.33 Å². The van der Waals surface area contributed by atoms with Crippen molar-refractivity contribution < 1.29 is 9.53 Å². The van der Waals surface area contributed by atoms with E-state index in [1.807, 2.05) is 6.92 Å². The molecule has 0 spiro atoms. The Bertz CT molecular complexity index is 409. The van der Waals surface area contributed by atoms with Gasteiger partial charge in [-0.25, -0.2) is 14.8 Å². The fraction of sp³-hybridized carbons (Fsp3) is 0.583. The highest BCUT2D eigenvalue weighted by molar-refractivity contribution is 5.79. The Morgan fingerprint density at radius 1 is 1.50 bits per heavy atom. The van der Waals surface area contributed by atoms with Crippen LogP contribution >= 0.6 is 0 Å². The van der Waals surface area contributed by atoms with Gasteiger partial charge < -0.3 is 15.8 Å². The monoisotopic (exact) mass is 252 g/mol. The Balaban J connectivity index is 2.83. The number of rotatable bonds is 6. The molecule has 6 heteroatoms. The first kappa shape index (κ1) is 14.2. The molecule has 100 valence electrons. The van der Waals surface area contributed by atoms with Crippen molar-refractivity contribution in [1.82, 2.24) is 9.97 Å². The van der Waals surface area contributed by atoms with Crippen molar-refractivity contribution in [2.45, 2.75) is 39.7 Å². The second-order valence-electron chi connectivity index (χ2n) is 3.95. The summed E-state index contributed by atoms with van der Waals surface area (Å²) in [6.45, 7) is 5.91. The molecule has 0 aliphatic rings. The number of ether oxygens (including phenoxy) is 1. The predicted molar refractivity (Wildman–Crippen MR) is 70.2 cm³/mol. The largest absolute Gasteiger partial charge is 0.464 e. The van der Waals surface area contributed by atoms with E-state index in [9.17, 15) is 4.79 Å². The van der Waals surface area contributed by atoms with Crippen LogP contribution < -0.4 is 11.1 Å². The van der Waals surface area contributed by atoms with E-state index < -0.39 is 6.04 Å². The van der Waals surface area contributed by atoms with Gasteiger partial charge in [0.05, 0.1) is 6.61 Å². The SMILES string of the molecule is CCCc1c(N)ncnc1NC(C)C(=O)OCC. The van der Waals surface area contributed by atoms with Gasteiger partial charge in [0, 0.05) is 5.56 Å². The number of hydrogen-bond donors (Lipinski definition) is 2. The molecular formula is C12H20N4O2. The summed E-state index contributed by atoms with van der Waals surface area (Å²) in [5.74, 6) is 0.743. The third-order valence-corrected chi connectivity index (χ3v) is 2.47. The molecule has 1 rings (SSSR count). The molecule has 1 aromatic rings. The van der Waals surface area contributed by atoms with Gasteiger partial charge in [0.1, 0.15) is 24.0 Å². The lowest BCUT2D eigenvalue weighted by Crippen LogP contribution is -2.29. The fourth-order valence-corrected chi connectivity index (χ4v) is 1.58. The number of nitrogen functional groups attached to an aromatic ring is 1. The van der Waals surface area contributed by atoms with Crippen LogP contribution in [0.3, 0.4) is 0 Å². The fourth-order valence-electron chi connectivity index (χ4n) is 1.58. The molecular weight excluding hydrogens is 232 g/mol. The maximum absolute atomic E-state index is 11.5. The summed E-state index contributed by atoms with van der Waals surface area (Å²) in [5, 5.41) is 3.02. The van der Waals surface area contributed by atoms with E-state index >= 15 is 0 Å². The van der Waals surface area contributed by atoms with Crippen molar-refractivity contribution in [2.24, 2.45) is 0 Å². The van der Waals surface area contributed by atoms with Gasteiger partial charge in [-0.2, -0.15) is 0 Å². The molecule has 18 heavy (non-hydrogen) atoms. The number of anilines is 2. The molecule has 0 aromatic carbocycles. The summed E-state index contributed by atoms with van der Waals surface area (Å²) in [7, 11) is 0. The minimum atomic E-state index is -0.463. The molecule has 0 saturated carbocycles. The maximum Gasteiger partial charge on any atom is 0.328 e. The molecule has 0 radical (unpaired) electrons. The first-order chi connectivity index (χ1) is 8.60. The van der Waals surface area contributed by atoms with Crippen LogP contribution in [0.4, 0.5) is 11.6 Å². The number of esters is 1. The normalized spacial score (nSPS) is 11.9. The molecule has 6 nitrogen and oxygen atoms in total. The summed E-state index contributed by atoms with van der Waals surface area (Å²) in [6.07, 6.45) is 3.08. The number of hydrogen-bond acceptors (Lipinski definition) is 6. The van der Waals surface area contributed by atoms with Crippen LogP contribution in [0.15, 0.2) is 6.33 Å². The summed E-state index contributed by atoms with van der Waals surface area (Å²) < 4.78 is 4.93. The second kappa shape index (κ2) is 6.78. The minimum absolute atomic E-state index is 0.308. The standard InChI is InChI=1S/C12H20N4O2/c1-4-6-9-10(13)14-7-15-11(9)16-8(3)12(17)18-5-2/h7-8H,4-6H2,1-3H3,(H3,13,14,15,16). The van der Waals surface area contributed by atoms with E-state index in [-0.39, 0.29) is 5.97 Å². The second-order valence-corrected chi connectivity index (χ2v) is 3.95. The number of carbonyl (C=O) groups excluding carboxylic acids is 1.